The van der Waals surface area contributed by atoms with Gasteiger partial charge in [0.2, 0.25) is 10.0 Å². The predicted octanol–water partition coefficient (Wildman–Crippen LogP) is 1.29. The third-order valence-electron chi connectivity index (χ3n) is 1.15. The summed E-state index contributed by atoms with van der Waals surface area (Å²) in [7, 11) is -3.16. The molecule has 0 saturated carbocycles. The van der Waals surface area contributed by atoms with E-state index in [0.717, 1.165) is 0 Å². The average Bonchev–Trinajstić information content (AvgIpc) is 2.38. The number of nitrogens with one attached hydrogen (secondary N) is 1. The summed E-state index contributed by atoms with van der Waals surface area (Å²) in [5.41, 5.74) is 0. The normalized spacial score (nSPS) is 11.4. The lowest BCUT2D eigenvalue weighted by molar-refractivity contribution is 0.600. The molecule has 0 fully saturated rings. The second kappa shape index (κ2) is 3.86. The Balaban J connectivity index is 2.63. The van der Waals surface area contributed by atoms with E-state index in [9.17, 15) is 8.42 Å². The minimum atomic E-state index is -3.16. The van der Waals surface area contributed by atoms with Crippen LogP contribution in [0.1, 0.15) is 13.3 Å². The molecule has 68 valence electrons. The van der Waals surface area contributed by atoms with Crippen LogP contribution < -0.4 is 4.72 Å². The van der Waals surface area contributed by atoms with Crippen LogP contribution in [0.15, 0.2) is 11.6 Å². The second-order valence-electron chi connectivity index (χ2n) is 2.26. The van der Waals surface area contributed by atoms with Gasteiger partial charge in [0.25, 0.3) is 0 Å². The zero-order valence-corrected chi connectivity index (χ0v) is 8.28. The summed E-state index contributed by atoms with van der Waals surface area (Å²) < 4.78 is 24.7. The smallest absolute Gasteiger partial charge is 0.234 e. The zero-order chi connectivity index (χ0) is 9.03. The molecule has 12 heavy (non-hydrogen) atoms. The molecule has 0 aliphatic carbocycles. The monoisotopic (exact) mass is 206 g/mol. The Morgan fingerprint density at radius 2 is 2.42 bits per heavy atom. The van der Waals surface area contributed by atoms with Crippen molar-refractivity contribution in [2.75, 3.05) is 10.5 Å². The fourth-order valence-electron chi connectivity index (χ4n) is 0.727. The van der Waals surface area contributed by atoms with Gasteiger partial charge >= 0.3 is 0 Å². The highest BCUT2D eigenvalue weighted by Gasteiger charge is 2.09. The Morgan fingerprint density at radius 1 is 1.67 bits per heavy atom. The van der Waals surface area contributed by atoms with Crippen molar-refractivity contribution < 1.29 is 8.42 Å². The fourth-order valence-corrected chi connectivity index (χ4v) is 2.63. The maximum Gasteiger partial charge on any atom is 0.234 e. The maximum absolute atomic E-state index is 11.2. The summed E-state index contributed by atoms with van der Waals surface area (Å²) in [4.78, 5) is 3.81. The van der Waals surface area contributed by atoms with Crippen molar-refractivity contribution in [2.45, 2.75) is 13.3 Å². The standard InChI is InChI=1S/C6H10N2O2S2/c1-2-5-12(9,10)8-6-7-3-4-11-6/h3-4H,2,5H2,1H3,(H,7,8). The number of aromatic nitrogens is 1. The van der Waals surface area contributed by atoms with Crippen LogP contribution in [0, 0.1) is 0 Å². The Hall–Kier alpha value is -0.620. The van der Waals surface area contributed by atoms with E-state index in [1.807, 2.05) is 6.92 Å². The van der Waals surface area contributed by atoms with Gasteiger partial charge < -0.3 is 0 Å². The molecule has 1 N–H and O–H groups in total. The Morgan fingerprint density at radius 3 is 2.92 bits per heavy atom. The van der Waals surface area contributed by atoms with E-state index in [1.54, 1.807) is 11.6 Å². The number of thiazole rings is 1. The number of hydrogen-bond donors (Lipinski definition) is 1. The van der Waals surface area contributed by atoms with E-state index < -0.39 is 10.0 Å². The lowest BCUT2D eigenvalue weighted by atomic mass is 10.6. The summed E-state index contributed by atoms with van der Waals surface area (Å²) in [6.45, 7) is 1.82. The van der Waals surface area contributed by atoms with Gasteiger partial charge in [-0.3, -0.25) is 4.72 Å². The van der Waals surface area contributed by atoms with Crippen molar-refractivity contribution in [2.24, 2.45) is 0 Å². The first kappa shape index (κ1) is 9.47. The van der Waals surface area contributed by atoms with Gasteiger partial charge in [-0.25, -0.2) is 13.4 Å². The molecule has 0 unspecified atom stereocenters. The molecule has 0 atom stereocenters. The number of nitrogens with zero attached hydrogens (tertiary/aromatic N) is 1. The molecule has 4 nitrogen and oxygen atoms in total. The van der Waals surface area contributed by atoms with Crippen LogP contribution in [-0.2, 0) is 10.0 Å². The maximum atomic E-state index is 11.2. The Labute approximate surface area is 75.7 Å². The van der Waals surface area contributed by atoms with E-state index in [2.05, 4.69) is 9.71 Å². The molecule has 6 heteroatoms. The molecule has 1 rings (SSSR count). The molecule has 0 aromatic carbocycles. The van der Waals surface area contributed by atoms with Crippen molar-refractivity contribution in [1.29, 1.82) is 0 Å². The molecule has 0 aliphatic heterocycles. The van der Waals surface area contributed by atoms with Crippen molar-refractivity contribution >= 4 is 26.5 Å². The molecule has 1 heterocycles. The molecular formula is C6H10N2O2S2. The van der Waals surface area contributed by atoms with Crippen molar-refractivity contribution in [3.05, 3.63) is 11.6 Å². The summed E-state index contributed by atoms with van der Waals surface area (Å²) in [5.74, 6) is 0.145. The number of sulfonamides is 1. The minimum absolute atomic E-state index is 0.145. The van der Waals surface area contributed by atoms with Crippen LogP contribution in [0.4, 0.5) is 5.13 Å². The molecule has 1 aromatic rings. The van der Waals surface area contributed by atoms with Crippen molar-refractivity contribution in [3.63, 3.8) is 0 Å². The largest absolute Gasteiger partial charge is 0.259 e. The van der Waals surface area contributed by atoms with Crippen LogP contribution in [0.3, 0.4) is 0 Å². The second-order valence-corrected chi connectivity index (χ2v) is 4.99. The minimum Gasteiger partial charge on any atom is -0.259 e. The van der Waals surface area contributed by atoms with Gasteiger partial charge in [-0.15, -0.1) is 11.3 Å². The SMILES string of the molecule is CCCS(=O)(=O)Nc1nccs1. The molecular weight excluding hydrogens is 196 g/mol. The topological polar surface area (TPSA) is 59.1 Å². The van der Waals surface area contributed by atoms with E-state index in [-0.39, 0.29) is 5.75 Å². The number of anilines is 1. The van der Waals surface area contributed by atoms with Crippen LogP contribution >= 0.6 is 11.3 Å². The highest BCUT2D eigenvalue weighted by Crippen LogP contribution is 2.12. The molecule has 1 aromatic heterocycles. The molecule has 0 amide bonds. The van der Waals surface area contributed by atoms with Gasteiger partial charge in [-0.05, 0) is 6.42 Å². The third kappa shape index (κ3) is 2.78. The quantitative estimate of drug-likeness (QED) is 0.807. The Bertz CT molecular complexity index is 317. The summed E-state index contributed by atoms with van der Waals surface area (Å²) in [5, 5.41) is 2.16. The average molecular weight is 206 g/mol. The van der Waals surface area contributed by atoms with Crippen LogP contribution in [-0.4, -0.2) is 19.2 Å². The van der Waals surface area contributed by atoms with Gasteiger partial charge in [-0.2, -0.15) is 0 Å². The third-order valence-corrected chi connectivity index (χ3v) is 3.42. The van der Waals surface area contributed by atoms with Crippen LogP contribution in [0.2, 0.25) is 0 Å². The van der Waals surface area contributed by atoms with E-state index >= 15 is 0 Å². The molecule has 0 radical (unpaired) electrons. The van der Waals surface area contributed by atoms with E-state index in [0.29, 0.717) is 11.6 Å². The van der Waals surface area contributed by atoms with E-state index in [4.69, 9.17) is 0 Å². The lowest BCUT2D eigenvalue weighted by Gasteiger charge is -2.01. The van der Waals surface area contributed by atoms with Gasteiger partial charge in [0.15, 0.2) is 5.13 Å². The predicted molar refractivity (Wildman–Crippen MR) is 49.8 cm³/mol. The molecule has 0 bridgehead atoms. The van der Waals surface area contributed by atoms with Crippen molar-refractivity contribution in [1.82, 2.24) is 4.98 Å². The van der Waals surface area contributed by atoms with Crippen molar-refractivity contribution in [3.8, 4) is 0 Å². The first-order valence-corrected chi connectivity index (χ1v) is 6.07. The Kier molecular flexibility index (Phi) is 3.05. The molecule has 0 spiro atoms. The summed E-state index contributed by atoms with van der Waals surface area (Å²) in [6.07, 6.45) is 2.18. The highest BCUT2D eigenvalue weighted by atomic mass is 32.2. The van der Waals surface area contributed by atoms with Gasteiger partial charge in [-0.1, -0.05) is 6.92 Å². The first-order chi connectivity index (χ1) is 5.64. The summed E-state index contributed by atoms with van der Waals surface area (Å²) >= 11 is 1.27. The van der Waals surface area contributed by atoms with E-state index in [1.165, 1.54) is 11.3 Å². The lowest BCUT2D eigenvalue weighted by Crippen LogP contribution is -2.15. The number of hydrogen-bond acceptors (Lipinski definition) is 4. The van der Waals surface area contributed by atoms with Gasteiger partial charge in [0.05, 0.1) is 5.75 Å². The van der Waals surface area contributed by atoms with Crippen LogP contribution in [0.5, 0.6) is 0 Å². The fraction of sp³-hybridized carbons (Fsp3) is 0.500. The highest BCUT2D eigenvalue weighted by molar-refractivity contribution is 7.92. The van der Waals surface area contributed by atoms with Gasteiger partial charge in [0.1, 0.15) is 0 Å². The van der Waals surface area contributed by atoms with Crippen LogP contribution in [0.25, 0.3) is 0 Å². The molecule has 0 aliphatic rings. The van der Waals surface area contributed by atoms with Gasteiger partial charge in [0, 0.05) is 11.6 Å². The first-order valence-electron chi connectivity index (χ1n) is 3.54. The summed E-state index contributed by atoms with van der Waals surface area (Å²) in [6, 6.07) is 0. The number of rotatable bonds is 4. The zero-order valence-electron chi connectivity index (χ0n) is 6.65. The molecule has 0 saturated heterocycles.